The molecule has 0 bridgehead atoms. The number of carbonyl (C=O) groups is 1. The van der Waals surface area contributed by atoms with E-state index in [2.05, 4.69) is 0 Å². The van der Waals surface area contributed by atoms with E-state index in [0.717, 1.165) is 5.56 Å². The summed E-state index contributed by atoms with van der Waals surface area (Å²) < 4.78 is 0. The Morgan fingerprint density at radius 2 is 2.07 bits per heavy atom. The first kappa shape index (κ1) is 11.5. The van der Waals surface area contributed by atoms with Gasteiger partial charge in [-0.1, -0.05) is 42.5 Å². The molecule has 80 valence electrons. The van der Waals surface area contributed by atoms with E-state index in [0.29, 0.717) is 6.42 Å². The minimum atomic E-state index is -1.19. The molecule has 1 atom stereocenters. The quantitative estimate of drug-likeness (QED) is 0.789. The van der Waals surface area contributed by atoms with Crippen molar-refractivity contribution in [2.75, 3.05) is 0 Å². The zero-order valence-electron chi connectivity index (χ0n) is 8.68. The molecule has 0 heterocycles. The predicted octanol–water partition coefficient (Wildman–Crippen LogP) is 1.89. The molecule has 3 nitrogen and oxygen atoms in total. The predicted molar refractivity (Wildman–Crippen MR) is 60.3 cm³/mol. The molecule has 0 aliphatic rings. The van der Waals surface area contributed by atoms with Crippen LogP contribution in [-0.2, 0) is 4.79 Å². The van der Waals surface area contributed by atoms with Crippen LogP contribution in [-0.4, -0.2) is 16.6 Å². The minimum Gasteiger partial charge on any atom is -0.480 e. The van der Waals surface area contributed by atoms with Crippen LogP contribution in [0.3, 0.4) is 0 Å². The van der Waals surface area contributed by atoms with Crippen molar-refractivity contribution in [1.29, 1.82) is 0 Å². The van der Waals surface area contributed by atoms with Gasteiger partial charge in [-0.2, -0.15) is 0 Å². The lowest BCUT2D eigenvalue weighted by Gasteiger charge is -2.16. The maximum absolute atomic E-state index is 10.7. The molecule has 0 aliphatic heterocycles. The Hall–Kier alpha value is -1.61. The summed E-state index contributed by atoms with van der Waals surface area (Å²) >= 11 is 0. The molecular formula is C12H15NO2. The lowest BCUT2D eigenvalue weighted by Crippen LogP contribution is -2.44. The third kappa shape index (κ3) is 3.56. The molecule has 0 radical (unpaired) electrons. The summed E-state index contributed by atoms with van der Waals surface area (Å²) in [5.74, 6) is -0.986. The standard InChI is InChI=1S/C12H15NO2/c1-12(13,11(14)15)9-5-8-10-6-3-2-4-7-10/h2-8H,9,13H2,1H3,(H,14,15)/t12-/m1/s1. The maximum Gasteiger partial charge on any atom is 0.323 e. The Morgan fingerprint density at radius 3 is 2.60 bits per heavy atom. The van der Waals surface area contributed by atoms with Crippen molar-refractivity contribution in [2.45, 2.75) is 18.9 Å². The first-order valence-electron chi connectivity index (χ1n) is 4.76. The summed E-state index contributed by atoms with van der Waals surface area (Å²) in [4.78, 5) is 10.7. The van der Waals surface area contributed by atoms with Crippen molar-refractivity contribution < 1.29 is 9.90 Å². The highest BCUT2D eigenvalue weighted by molar-refractivity contribution is 5.78. The number of carboxylic acids is 1. The van der Waals surface area contributed by atoms with Gasteiger partial charge in [0.05, 0.1) is 0 Å². The van der Waals surface area contributed by atoms with Gasteiger partial charge in [0.15, 0.2) is 0 Å². The third-order valence-electron chi connectivity index (χ3n) is 2.14. The van der Waals surface area contributed by atoms with E-state index in [9.17, 15) is 4.79 Å². The van der Waals surface area contributed by atoms with Crippen LogP contribution in [0.4, 0.5) is 0 Å². The number of hydrogen-bond donors (Lipinski definition) is 2. The van der Waals surface area contributed by atoms with Crippen LogP contribution >= 0.6 is 0 Å². The molecule has 1 aromatic rings. The Balaban J connectivity index is 2.58. The topological polar surface area (TPSA) is 63.3 Å². The second-order valence-corrected chi connectivity index (χ2v) is 3.74. The van der Waals surface area contributed by atoms with Crippen LogP contribution < -0.4 is 5.73 Å². The van der Waals surface area contributed by atoms with Crippen LogP contribution in [0.1, 0.15) is 18.9 Å². The highest BCUT2D eigenvalue weighted by Gasteiger charge is 2.25. The Morgan fingerprint density at radius 1 is 1.47 bits per heavy atom. The van der Waals surface area contributed by atoms with Crippen LogP contribution in [0.25, 0.3) is 6.08 Å². The van der Waals surface area contributed by atoms with Gasteiger partial charge in [0, 0.05) is 0 Å². The van der Waals surface area contributed by atoms with Gasteiger partial charge in [-0.25, -0.2) is 0 Å². The lowest BCUT2D eigenvalue weighted by atomic mass is 9.99. The molecule has 0 saturated carbocycles. The van der Waals surface area contributed by atoms with E-state index >= 15 is 0 Å². The van der Waals surface area contributed by atoms with E-state index in [-0.39, 0.29) is 0 Å². The number of aliphatic carboxylic acids is 1. The highest BCUT2D eigenvalue weighted by atomic mass is 16.4. The first-order chi connectivity index (χ1) is 7.02. The summed E-state index contributed by atoms with van der Waals surface area (Å²) in [6.45, 7) is 1.50. The number of nitrogens with two attached hydrogens (primary N) is 1. The first-order valence-corrected chi connectivity index (χ1v) is 4.76. The maximum atomic E-state index is 10.7. The fourth-order valence-electron chi connectivity index (χ4n) is 1.09. The third-order valence-corrected chi connectivity index (χ3v) is 2.14. The molecule has 1 aromatic carbocycles. The van der Waals surface area contributed by atoms with Gasteiger partial charge in [-0.05, 0) is 18.9 Å². The van der Waals surface area contributed by atoms with Crippen LogP contribution in [0, 0.1) is 0 Å². The molecule has 0 spiro atoms. The van der Waals surface area contributed by atoms with Crippen LogP contribution in [0.2, 0.25) is 0 Å². The second-order valence-electron chi connectivity index (χ2n) is 3.74. The average Bonchev–Trinajstić information content (AvgIpc) is 2.19. The summed E-state index contributed by atoms with van der Waals surface area (Å²) in [7, 11) is 0. The van der Waals surface area contributed by atoms with Crippen LogP contribution in [0.5, 0.6) is 0 Å². The fraction of sp³-hybridized carbons (Fsp3) is 0.250. The summed E-state index contributed by atoms with van der Waals surface area (Å²) in [5.41, 5.74) is 5.42. The van der Waals surface area contributed by atoms with Crippen molar-refractivity contribution in [2.24, 2.45) is 5.73 Å². The Bertz CT molecular complexity index is 355. The number of benzene rings is 1. The van der Waals surface area contributed by atoms with E-state index in [4.69, 9.17) is 10.8 Å². The SMILES string of the molecule is C[C@@](N)(CC=Cc1ccccc1)C(=O)O. The Kier molecular flexibility index (Phi) is 3.63. The molecule has 0 saturated heterocycles. The number of hydrogen-bond acceptors (Lipinski definition) is 2. The zero-order valence-corrected chi connectivity index (χ0v) is 8.68. The van der Waals surface area contributed by atoms with Gasteiger partial charge < -0.3 is 10.8 Å². The van der Waals surface area contributed by atoms with Gasteiger partial charge >= 0.3 is 5.97 Å². The zero-order chi connectivity index (χ0) is 11.3. The molecule has 0 aromatic heterocycles. The number of rotatable bonds is 4. The molecule has 0 aliphatic carbocycles. The van der Waals surface area contributed by atoms with Gasteiger partial charge in [0.2, 0.25) is 0 Å². The van der Waals surface area contributed by atoms with Gasteiger partial charge in [-0.15, -0.1) is 0 Å². The summed E-state index contributed by atoms with van der Waals surface area (Å²) in [6.07, 6.45) is 3.97. The van der Waals surface area contributed by atoms with E-state index in [1.165, 1.54) is 6.92 Å². The minimum absolute atomic E-state index is 0.317. The van der Waals surface area contributed by atoms with Crippen molar-refractivity contribution in [3.63, 3.8) is 0 Å². The smallest absolute Gasteiger partial charge is 0.323 e. The van der Waals surface area contributed by atoms with Crippen molar-refractivity contribution in [1.82, 2.24) is 0 Å². The highest BCUT2D eigenvalue weighted by Crippen LogP contribution is 2.09. The fourth-order valence-corrected chi connectivity index (χ4v) is 1.09. The molecule has 0 amide bonds. The van der Waals surface area contributed by atoms with Crippen molar-refractivity contribution in [3.05, 3.63) is 42.0 Å². The monoisotopic (exact) mass is 205 g/mol. The molecule has 3 N–H and O–H groups in total. The average molecular weight is 205 g/mol. The molecule has 1 rings (SSSR count). The van der Waals surface area contributed by atoms with Gasteiger partial charge in [0.1, 0.15) is 5.54 Å². The van der Waals surface area contributed by atoms with E-state index in [1.54, 1.807) is 6.08 Å². The van der Waals surface area contributed by atoms with Crippen molar-refractivity contribution in [3.8, 4) is 0 Å². The lowest BCUT2D eigenvalue weighted by molar-refractivity contribution is -0.142. The molecular weight excluding hydrogens is 190 g/mol. The molecule has 0 unspecified atom stereocenters. The normalized spacial score (nSPS) is 15.1. The van der Waals surface area contributed by atoms with Crippen LogP contribution in [0.15, 0.2) is 36.4 Å². The summed E-state index contributed by atoms with van der Waals surface area (Å²) in [5, 5.41) is 8.78. The van der Waals surface area contributed by atoms with Gasteiger partial charge in [-0.3, -0.25) is 4.79 Å². The van der Waals surface area contributed by atoms with Crippen molar-refractivity contribution >= 4 is 12.0 Å². The molecule has 15 heavy (non-hydrogen) atoms. The van der Waals surface area contributed by atoms with Gasteiger partial charge in [0.25, 0.3) is 0 Å². The summed E-state index contributed by atoms with van der Waals surface area (Å²) in [6, 6.07) is 9.69. The second kappa shape index (κ2) is 4.75. The Labute approximate surface area is 89.2 Å². The molecule has 3 heteroatoms. The molecule has 0 fully saturated rings. The van der Waals surface area contributed by atoms with E-state index in [1.807, 2.05) is 36.4 Å². The van der Waals surface area contributed by atoms with E-state index < -0.39 is 11.5 Å². The number of carboxylic acid groups (broad SMARTS) is 1. The largest absolute Gasteiger partial charge is 0.480 e.